The van der Waals surface area contributed by atoms with Crippen LogP contribution in [0.4, 0.5) is 0 Å². The molecule has 6 N–H and O–H groups in total. The van der Waals surface area contributed by atoms with Crippen molar-refractivity contribution in [3.63, 3.8) is 0 Å². The number of allylic oxidation sites excluding steroid dienone is 3. The average Bonchev–Trinajstić information content (AvgIpc) is 2.82. The van der Waals surface area contributed by atoms with E-state index >= 15 is 0 Å². The first kappa shape index (κ1) is 30.2. The number of unbranched alkanes of at least 4 members (excludes halogenated alkanes) is 15. The van der Waals surface area contributed by atoms with Crippen LogP contribution in [0.2, 0.25) is 0 Å². The van der Waals surface area contributed by atoms with E-state index in [-0.39, 0.29) is 18.5 Å². The molecule has 0 heterocycles. The van der Waals surface area contributed by atoms with E-state index in [1.165, 1.54) is 102 Å². The Morgan fingerprint density at radius 3 is 1.85 bits per heavy atom. The monoisotopic (exact) mass is 475 g/mol. The van der Waals surface area contributed by atoms with Gasteiger partial charge in [0.1, 0.15) is 0 Å². The first-order valence-electron chi connectivity index (χ1n) is 14.1. The van der Waals surface area contributed by atoms with Gasteiger partial charge in [0.25, 0.3) is 0 Å². The number of hydrogen-bond acceptors (Lipinski definition) is 3. The van der Waals surface area contributed by atoms with Crippen molar-refractivity contribution in [2.24, 2.45) is 10.7 Å². The van der Waals surface area contributed by atoms with Gasteiger partial charge in [-0.05, 0) is 31.8 Å². The normalized spacial score (nSPS) is 14.0. The molecule has 0 aromatic carbocycles. The highest BCUT2D eigenvalue weighted by Crippen LogP contribution is 2.21. The number of aliphatic hydroxyl groups excluding tert-OH is 1. The number of nitrogens with two attached hydrogens (primary N) is 1. The smallest absolute Gasteiger partial charge is 0.200 e. The van der Waals surface area contributed by atoms with Crippen LogP contribution in [0.1, 0.15) is 129 Å². The van der Waals surface area contributed by atoms with Crippen molar-refractivity contribution < 1.29 is 5.11 Å². The Morgan fingerprint density at radius 1 is 0.853 bits per heavy atom. The Balaban J connectivity index is 1.90. The highest BCUT2D eigenvalue weighted by Gasteiger charge is 2.06. The Bertz CT molecular complexity index is 612. The molecule has 0 aliphatic heterocycles. The van der Waals surface area contributed by atoms with Crippen LogP contribution in [0, 0.1) is 5.41 Å². The summed E-state index contributed by atoms with van der Waals surface area (Å²) >= 11 is 0. The second-order valence-electron chi connectivity index (χ2n) is 9.68. The van der Waals surface area contributed by atoms with Crippen LogP contribution in [-0.2, 0) is 0 Å². The van der Waals surface area contributed by atoms with Crippen molar-refractivity contribution in [3.8, 4) is 0 Å². The van der Waals surface area contributed by atoms with Gasteiger partial charge in [0.15, 0.2) is 11.9 Å². The quantitative estimate of drug-likeness (QED) is 0.0770. The number of aliphatic imine (C=N–C) groups is 1. The maximum absolute atomic E-state index is 8.99. The molecule has 1 aliphatic carbocycles. The van der Waals surface area contributed by atoms with Crippen LogP contribution in [0.3, 0.4) is 0 Å². The van der Waals surface area contributed by atoms with Gasteiger partial charge in [-0.2, -0.15) is 0 Å². The molecule has 0 aromatic heterocycles. The SMILES string of the molecule is CCCCCCCCCCCCCCCCCCNC(=N)NC(N)=NC1=CC=C(CCO)CC1. The second-order valence-corrected chi connectivity index (χ2v) is 9.68. The van der Waals surface area contributed by atoms with Crippen LogP contribution in [0.25, 0.3) is 0 Å². The molecule has 1 aliphatic rings. The number of guanidine groups is 2. The van der Waals surface area contributed by atoms with Crippen LogP contribution in [0.15, 0.2) is 28.4 Å². The minimum absolute atomic E-state index is 0.185. The molecular weight excluding hydrogens is 422 g/mol. The molecule has 0 radical (unpaired) electrons. The minimum atomic E-state index is 0.185. The van der Waals surface area contributed by atoms with Crippen molar-refractivity contribution >= 4 is 11.9 Å². The van der Waals surface area contributed by atoms with Gasteiger partial charge in [0.2, 0.25) is 0 Å². The summed E-state index contributed by atoms with van der Waals surface area (Å²) in [6, 6.07) is 0. The number of hydrogen-bond donors (Lipinski definition) is 5. The molecule has 0 saturated heterocycles. The molecule has 1 rings (SSSR count). The zero-order chi connectivity index (χ0) is 24.7. The predicted octanol–water partition coefficient (Wildman–Crippen LogP) is 6.66. The van der Waals surface area contributed by atoms with Gasteiger partial charge in [-0.15, -0.1) is 0 Å². The van der Waals surface area contributed by atoms with E-state index in [9.17, 15) is 0 Å². The van der Waals surface area contributed by atoms with Crippen LogP contribution in [-0.4, -0.2) is 30.2 Å². The molecule has 0 bridgehead atoms. The third kappa shape index (κ3) is 17.6. The Hall–Kier alpha value is -1.82. The lowest BCUT2D eigenvalue weighted by atomic mass is 10.0. The molecular formula is C28H53N5O. The standard InChI is InChI=1S/C28H53N5O/c1-2-3-4-5-6-7-8-9-10-11-12-13-14-15-16-17-23-31-27(29)33-28(30)32-26-20-18-25(19-21-26)22-24-34/h18,20,34H,2-17,19,21-24H2,1H3,(H5,29,30,31,32,33). The number of nitrogens with one attached hydrogen (secondary N) is 3. The molecule has 0 spiro atoms. The Kier molecular flexibility index (Phi) is 19.3. The fourth-order valence-corrected chi connectivity index (χ4v) is 4.36. The molecule has 0 amide bonds. The van der Waals surface area contributed by atoms with Gasteiger partial charge < -0.3 is 16.2 Å². The van der Waals surface area contributed by atoms with E-state index in [0.29, 0.717) is 0 Å². The lowest BCUT2D eigenvalue weighted by Crippen LogP contribution is -2.44. The first-order chi connectivity index (χ1) is 16.7. The summed E-state index contributed by atoms with van der Waals surface area (Å²) < 4.78 is 0. The molecule has 6 nitrogen and oxygen atoms in total. The van der Waals surface area contributed by atoms with E-state index in [2.05, 4.69) is 22.5 Å². The lowest BCUT2D eigenvalue weighted by Gasteiger charge is -2.13. The summed E-state index contributed by atoms with van der Waals surface area (Å²) in [4.78, 5) is 4.35. The van der Waals surface area contributed by atoms with Crippen LogP contribution in [0.5, 0.6) is 0 Å². The third-order valence-electron chi connectivity index (χ3n) is 6.50. The lowest BCUT2D eigenvalue weighted by molar-refractivity contribution is 0.297. The van der Waals surface area contributed by atoms with E-state index in [1.807, 2.05) is 12.2 Å². The topological polar surface area (TPSA) is 107 Å². The fraction of sp³-hybridized carbons (Fsp3) is 0.786. The highest BCUT2D eigenvalue weighted by atomic mass is 16.2. The van der Waals surface area contributed by atoms with E-state index in [4.69, 9.17) is 16.2 Å². The summed E-state index contributed by atoms with van der Waals surface area (Å²) in [7, 11) is 0. The minimum Gasteiger partial charge on any atom is -0.396 e. The molecule has 0 aromatic rings. The van der Waals surface area contributed by atoms with E-state index in [0.717, 1.165) is 37.9 Å². The van der Waals surface area contributed by atoms with Crippen molar-refractivity contribution in [3.05, 3.63) is 23.4 Å². The number of nitrogens with zero attached hydrogens (tertiary/aromatic N) is 1. The Morgan fingerprint density at radius 2 is 1.38 bits per heavy atom. The molecule has 6 heteroatoms. The summed E-state index contributed by atoms with van der Waals surface area (Å²) in [5, 5.41) is 22.9. The molecule has 0 fully saturated rings. The van der Waals surface area contributed by atoms with Gasteiger partial charge >= 0.3 is 0 Å². The third-order valence-corrected chi connectivity index (χ3v) is 6.50. The second kappa shape index (κ2) is 21.7. The van der Waals surface area contributed by atoms with Crippen molar-refractivity contribution in [1.29, 1.82) is 5.41 Å². The molecule has 196 valence electrons. The fourth-order valence-electron chi connectivity index (χ4n) is 4.36. The zero-order valence-electron chi connectivity index (χ0n) is 22.0. The molecule has 34 heavy (non-hydrogen) atoms. The molecule has 0 saturated carbocycles. The Labute approximate surface area is 209 Å². The summed E-state index contributed by atoms with van der Waals surface area (Å²) in [6.07, 6.45) is 28.2. The van der Waals surface area contributed by atoms with Crippen LogP contribution >= 0.6 is 0 Å². The van der Waals surface area contributed by atoms with Gasteiger partial charge in [0, 0.05) is 18.8 Å². The zero-order valence-corrected chi connectivity index (χ0v) is 22.0. The number of aliphatic hydroxyl groups is 1. The van der Waals surface area contributed by atoms with Gasteiger partial charge in [0.05, 0.1) is 0 Å². The maximum Gasteiger partial charge on any atom is 0.200 e. The summed E-state index contributed by atoms with van der Waals surface area (Å²) in [6.45, 7) is 3.25. The van der Waals surface area contributed by atoms with E-state index < -0.39 is 0 Å². The van der Waals surface area contributed by atoms with Gasteiger partial charge in [-0.25, -0.2) is 4.99 Å². The average molecular weight is 476 g/mol. The summed E-state index contributed by atoms with van der Waals surface area (Å²) in [5.41, 5.74) is 8.06. The van der Waals surface area contributed by atoms with Crippen LogP contribution < -0.4 is 16.4 Å². The van der Waals surface area contributed by atoms with Crippen molar-refractivity contribution in [2.45, 2.75) is 129 Å². The number of rotatable bonds is 20. The van der Waals surface area contributed by atoms with Gasteiger partial charge in [-0.1, -0.05) is 115 Å². The first-order valence-corrected chi connectivity index (χ1v) is 14.1. The summed E-state index contributed by atoms with van der Waals surface area (Å²) in [5.74, 6) is 0.449. The van der Waals surface area contributed by atoms with Gasteiger partial charge in [-0.3, -0.25) is 10.7 Å². The molecule has 0 unspecified atom stereocenters. The molecule has 0 atom stereocenters. The maximum atomic E-state index is 8.99. The predicted molar refractivity (Wildman–Crippen MR) is 147 cm³/mol. The van der Waals surface area contributed by atoms with Crippen molar-refractivity contribution in [2.75, 3.05) is 13.2 Å². The van der Waals surface area contributed by atoms with E-state index in [1.54, 1.807) is 0 Å². The largest absolute Gasteiger partial charge is 0.396 e. The van der Waals surface area contributed by atoms with Crippen molar-refractivity contribution in [1.82, 2.24) is 10.6 Å². The highest BCUT2D eigenvalue weighted by molar-refractivity contribution is 5.96.